The number of benzene rings is 1. The van der Waals surface area contributed by atoms with Crippen molar-refractivity contribution in [2.75, 3.05) is 0 Å². The summed E-state index contributed by atoms with van der Waals surface area (Å²) in [5, 5.41) is 0. The van der Waals surface area contributed by atoms with E-state index >= 15 is 0 Å². The van der Waals surface area contributed by atoms with E-state index in [-0.39, 0.29) is 6.04 Å². The molecular formula is C11H15N. The predicted molar refractivity (Wildman–Crippen MR) is 53.1 cm³/mol. The lowest BCUT2D eigenvalue weighted by Gasteiger charge is -2.06. The zero-order chi connectivity index (χ0) is 8.97. The molecule has 0 radical (unpaired) electrons. The van der Waals surface area contributed by atoms with Crippen LogP contribution in [0, 0.1) is 6.92 Å². The average Bonchev–Trinajstić information content (AvgIpc) is 2.04. The molecule has 1 rings (SSSR count). The number of hydrogen-bond acceptors (Lipinski definition) is 1. The second-order valence-corrected chi connectivity index (χ2v) is 3.09. The van der Waals surface area contributed by atoms with E-state index in [0.29, 0.717) is 0 Å². The number of aryl methyl sites for hydroxylation is 1. The molecule has 2 N–H and O–H groups in total. The maximum absolute atomic E-state index is 5.74. The molecule has 0 spiro atoms. The van der Waals surface area contributed by atoms with E-state index in [4.69, 9.17) is 5.73 Å². The highest BCUT2D eigenvalue weighted by Crippen LogP contribution is 2.05. The van der Waals surface area contributed by atoms with E-state index < -0.39 is 0 Å². The number of nitrogens with two attached hydrogens (primary N) is 1. The minimum absolute atomic E-state index is 0.0757. The lowest BCUT2D eigenvalue weighted by molar-refractivity contribution is 0.811. The van der Waals surface area contributed by atoms with E-state index in [1.54, 1.807) is 6.08 Å². The molecule has 0 aliphatic carbocycles. The molecule has 12 heavy (non-hydrogen) atoms. The normalized spacial score (nSPS) is 12.5. The van der Waals surface area contributed by atoms with Crippen LogP contribution >= 0.6 is 0 Å². The molecule has 0 unspecified atom stereocenters. The Morgan fingerprint density at radius 2 is 2.33 bits per heavy atom. The number of rotatable bonds is 3. The second kappa shape index (κ2) is 4.07. The average molecular weight is 161 g/mol. The van der Waals surface area contributed by atoms with Gasteiger partial charge in [-0.3, -0.25) is 0 Å². The van der Waals surface area contributed by atoms with Crippen molar-refractivity contribution in [2.24, 2.45) is 5.73 Å². The molecule has 0 aliphatic rings. The van der Waals surface area contributed by atoms with Gasteiger partial charge >= 0.3 is 0 Å². The van der Waals surface area contributed by atoms with Gasteiger partial charge in [0.05, 0.1) is 0 Å². The summed E-state index contributed by atoms with van der Waals surface area (Å²) in [6.45, 7) is 5.74. The van der Waals surface area contributed by atoms with Gasteiger partial charge < -0.3 is 5.73 Å². The van der Waals surface area contributed by atoms with Gasteiger partial charge in [-0.1, -0.05) is 35.9 Å². The molecule has 0 heterocycles. The summed E-state index contributed by atoms with van der Waals surface area (Å²) in [6, 6.07) is 8.47. The maximum Gasteiger partial charge on any atom is 0.0262 e. The van der Waals surface area contributed by atoms with Crippen LogP contribution in [-0.4, -0.2) is 6.04 Å². The molecule has 1 aromatic rings. The van der Waals surface area contributed by atoms with Gasteiger partial charge in [0.1, 0.15) is 0 Å². The highest BCUT2D eigenvalue weighted by Gasteiger charge is 1.98. The SMILES string of the molecule is C=C[C@@H](N)Cc1cccc(C)c1. The summed E-state index contributed by atoms with van der Waals surface area (Å²) in [5.41, 5.74) is 8.30. The Morgan fingerprint density at radius 1 is 1.58 bits per heavy atom. The third-order valence-electron chi connectivity index (χ3n) is 1.86. The topological polar surface area (TPSA) is 26.0 Å². The summed E-state index contributed by atoms with van der Waals surface area (Å²) >= 11 is 0. The fourth-order valence-corrected chi connectivity index (χ4v) is 1.19. The molecule has 0 aliphatic heterocycles. The van der Waals surface area contributed by atoms with E-state index in [0.717, 1.165) is 6.42 Å². The highest BCUT2D eigenvalue weighted by atomic mass is 14.6. The molecule has 1 heteroatoms. The molecule has 0 saturated carbocycles. The van der Waals surface area contributed by atoms with Crippen LogP contribution in [0.2, 0.25) is 0 Å². The quantitative estimate of drug-likeness (QED) is 0.675. The Kier molecular flexibility index (Phi) is 3.06. The van der Waals surface area contributed by atoms with Crippen molar-refractivity contribution in [1.29, 1.82) is 0 Å². The molecular weight excluding hydrogens is 146 g/mol. The van der Waals surface area contributed by atoms with Gasteiger partial charge in [-0.05, 0) is 18.9 Å². The standard InChI is InChI=1S/C11H15N/c1-3-11(12)8-10-6-4-5-9(2)7-10/h3-7,11H,1,8,12H2,2H3/t11-/m1/s1. The molecule has 0 saturated heterocycles. The molecule has 1 atom stereocenters. The minimum Gasteiger partial charge on any atom is -0.324 e. The van der Waals surface area contributed by atoms with Crippen molar-refractivity contribution in [3.63, 3.8) is 0 Å². The molecule has 64 valence electrons. The van der Waals surface area contributed by atoms with Crippen LogP contribution in [0.5, 0.6) is 0 Å². The van der Waals surface area contributed by atoms with E-state index in [1.807, 2.05) is 0 Å². The Balaban J connectivity index is 2.69. The lowest BCUT2D eigenvalue weighted by atomic mass is 10.0. The van der Waals surface area contributed by atoms with Crippen molar-refractivity contribution in [3.8, 4) is 0 Å². The molecule has 1 aromatic carbocycles. The van der Waals surface area contributed by atoms with Gasteiger partial charge in [-0.15, -0.1) is 6.58 Å². The maximum atomic E-state index is 5.74. The van der Waals surface area contributed by atoms with Crippen LogP contribution in [0.3, 0.4) is 0 Å². The van der Waals surface area contributed by atoms with Crippen molar-refractivity contribution in [1.82, 2.24) is 0 Å². The first-order chi connectivity index (χ1) is 5.72. The Labute approximate surface area is 73.9 Å². The Bertz CT molecular complexity index is 265. The van der Waals surface area contributed by atoms with Crippen LogP contribution in [0.25, 0.3) is 0 Å². The molecule has 0 bridgehead atoms. The smallest absolute Gasteiger partial charge is 0.0262 e. The molecule has 0 fully saturated rings. The first kappa shape index (κ1) is 9.01. The molecule has 0 amide bonds. The van der Waals surface area contributed by atoms with Crippen molar-refractivity contribution in [3.05, 3.63) is 48.0 Å². The highest BCUT2D eigenvalue weighted by molar-refractivity contribution is 5.23. The zero-order valence-electron chi connectivity index (χ0n) is 7.46. The summed E-state index contributed by atoms with van der Waals surface area (Å²) in [7, 11) is 0. The summed E-state index contributed by atoms with van der Waals surface area (Å²) in [4.78, 5) is 0. The van der Waals surface area contributed by atoms with Gasteiger partial charge in [0.25, 0.3) is 0 Å². The third-order valence-corrected chi connectivity index (χ3v) is 1.86. The largest absolute Gasteiger partial charge is 0.324 e. The van der Waals surface area contributed by atoms with Crippen LogP contribution in [0.1, 0.15) is 11.1 Å². The second-order valence-electron chi connectivity index (χ2n) is 3.09. The number of hydrogen-bond donors (Lipinski definition) is 1. The van der Waals surface area contributed by atoms with Crippen LogP contribution in [0.4, 0.5) is 0 Å². The first-order valence-electron chi connectivity index (χ1n) is 4.16. The van der Waals surface area contributed by atoms with Crippen molar-refractivity contribution < 1.29 is 0 Å². The summed E-state index contributed by atoms with van der Waals surface area (Å²) in [5.74, 6) is 0. The fourth-order valence-electron chi connectivity index (χ4n) is 1.19. The Hall–Kier alpha value is -1.08. The van der Waals surface area contributed by atoms with E-state index in [2.05, 4.69) is 37.8 Å². The molecule has 1 nitrogen and oxygen atoms in total. The van der Waals surface area contributed by atoms with E-state index in [9.17, 15) is 0 Å². The van der Waals surface area contributed by atoms with E-state index in [1.165, 1.54) is 11.1 Å². The molecule has 0 aromatic heterocycles. The van der Waals surface area contributed by atoms with Crippen molar-refractivity contribution in [2.45, 2.75) is 19.4 Å². The monoisotopic (exact) mass is 161 g/mol. The van der Waals surface area contributed by atoms with Gasteiger partial charge in [0.2, 0.25) is 0 Å². The minimum atomic E-state index is 0.0757. The van der Waals surface area contributed by atoms with Gasteiger partial charge in [0.15, 0.2) is 0 Å². The Morgan fingerprint density at radius 3 is 2.92 bits per heavy atom. The van der Waals surface area contributed by atoms with Gasteiger partial charge in [-0.25, -0.2) is 0 Å². The van der Waals surface area contributed by atoms with Crippen molar-refractivity contribution >= 4 is 0 Å². The van der Waals surface area contributed by atoms with Gasteiger partial charge in [-0.2, -0.15) is 0 Å². The third kappa shape index (κ3) is 2.51. The summed E-state index contributed by atoms with van der Waals surface area (Å²) in [6.07, 6.45) is 2.66. The van der Waals surface area contributed by atoms with Crippen LogP contribution in [-0.2, 0) is 6.42 Å². The van der Waals surface area contributed by atoms with Gasteiger partial charge in [0, 0.05) is 6.04 Å². The zero-order valence-corrected chi connectivity index (χ0v) is 7.46. The fraction of sp³-hybridized carbons (Fsp3) is 0.273. The summed E-state index contributed by atoms with van der Waals surface area (Å²) < 4.78 is 0. The lowest BCUT2D eigenvalue weighted by Crippen LogP contribution is -2.19. The van der Waals surface area contributed by atoms with Crippen LogP contribution in [0.15, 0.2) is 36.9 Å². The predicted octanol–water partition coefficient (Wildman–Crippen LogP) is 2.05. The first-order valence-corrected chi connectivity index (χ1v) is 4.16. The van der Waals surface area contributed by atoms with Crippen LogP contribution < -0.4 is 5.73 Å².